The predicted octanol–water partition coefficient (Wildman–Crippen LogP) is 2.15. The molecule has 1 aliphatic rings. The number of thiol groups is 1. The van der Waals surface area contributed by atoms with Crippen molar-refractivity contribution in [1.29, 1.82) is 0 Å². The molecule has 0 bridgehead atoms. The minimum atomic E-state index is -0.980. The van der Waals surface area contributed by atoms with Crippen LogP contribution in [-0.2, 0) is 16.0 Å². The second kappa shape index (κ2) is 6.13. The Bertz CT molecular complexity index is 544. The van der Waals surface area contributed by atoms with Gasteiger partial charge >= 0.3 is 5.97 Å². The highest BCUT2D eigenvalue weighted by Gasteiger charge is 2.39. The number of rotatable bonds is 5. The van der Waals surface area contributed by atoms with Crippen LogP contribution in [-0.4, -0.2) is 28.8 Å². The zero-order valence-electron chi connectivity index (χ0n) is 11.0. The van der Waals surface area contributed by atoms with Gasteiger partial charge in [-0.2, -0.15) is 12.6 Å². The summed E-state index contributed by atoms with van der Waals surface area (Å²) < 4.78 is 0. The smallest absolute Gasteiger partial charge is 0.327 e. The largest absolute Gasteiger partial charge is 0.480 e. The summed E-state index contributed by atoms with van der Waals surface area (Å²) in [6, 6.07) is 6.49. The van der Waals surface area contributed by atoms with E-state index in [-0.39, 0.29) is 11.8 Å². The van der Waals surface area contributed by atoms with E-state index in [9.17, 15) is 14.7 Å². The lowest BCUT2D eigenvalue weighted by molar-refractivity contribution is -0.140. The Balaban J connectivity index is 2.37. The molecule has 1 aliphatic heterocycles. The molecule has 2 atom stereocenters. The molecule has 0 saturated carbocycles. The van der Waals surface area contributed by atoms with Gasteiger partial charge in [-0.05, 0) is 18.1 Å². The van der Waals surface area contributed by atoms with Crippen LogP contribution < -0.4 is 4.90 Å². The first-order valence-electron chi connectivity index (χ1n) is 6.45. The molecule has 106 valence electrons. The molecule has 1 heterocycles. The quantitative estimate of drug-likeness (QED) is 0.645. The highest BCUT2D eigenvalue weighted by atomic mass is 32.1. The SMILES string of the molecule is C=CCC(CS)C(=O)N1c2ccccc2CC1C(=O)O. The topological polar surface area (TPSA) is 57.6 Å². The van der Waals surface area contributed by atoms with Crippen molar-refractivity contribution in [3.63, 3.8) is 0 Å². The lowest BCUT2D eigenvalue weighted by Gasteiger charge is -2.26. The Morgan fingerprint density at radius 1 is 1.50 bits per heavy atom. The molecule has 0 aromatic heterocycles. The van der Waals surface area contributed by atoms with E-state index >= 15 is 0 Å². The van der Waals surface area contributed by atoms with Crippen molar-refractivity contribution < 1.29 is 14.7 Å². The maximum atomic E-state index is 12.6. The minimum Gasteiger partial charge on any atom is -0.480 e. The number of nitrogens with zero attached hydrogens (tertiary/aromatic N) is 1. The lowest BCUT2D eigenvalue weighted by atomic mass is 10.1. The number of para-hydroxylation sites is 1. The summed E-state index contributed by atoms with van der Waals surface area (Å²) >= 11 is 4.19. The van der Waals surface area contributed by atoms with Gasteiger partial charge in [0.25, 0.3) is 0 Å². The molecular weight excluding hydrogens is 274 g/mol. The molecule has 0 saturated heterocycles. The summed E-state index contributed by atoms with van der Waals surface area (Å²) in [7, 11) is 0. The van der Waals surface area contributed by atoms with Crippen molar-refractivity contribution in [2.45, 2.75) is 18.9 Å². The Hall–Kier alpha value is -1.75. The van der Waals surface area contributed by atoms with Crippen LogP contribution in [0.5, 0.6) is 0 Å². The van der Waals surface area contributed by atoms with Crippen LogP contribution in [0.2, 0.25) is 0 Å². The normalized spacial score (nSPS) is 18.4. The van der Waals surface area contributed by atoms with Crippen LogP contribution in [0.1, 0.15) is 12.0 Å². The lowest BCUT2D eigenvalue weighted by Crippen LogP contribution is -2.46. The number of amides is 1. The Kier molecular flexibility index (Phi) is 4.49. The zero-order chi connectivity index (χ0) is 14.7. The molecule has 1 aromatic carbocycles. The first-order chi connectivity index (χ1) is 9.60. The number of carbonyl (C=O) groups is 2. The molecule has 5 heteroatoms. The van der Waals surface area contributed by atoms with Gasteiger partial charge in [0.1, 0.15) is 6.04 Å². The van der Waals surface area contributed by atoms with E-state index in [1.165, 1.54) is 4.90 Å². The third-order valence-corrected chi connectivity index (χ3v) is 3.96. The molecular formula is C15H17NO3S. The van der Waals surface area contributed by atoms with Crippen molar-refractivity contribution in [2.75, 3.05) is 10.7 Å². The maximum Gasteiger partial charge on any atom is 0.327 e. The summed E-state index contributed by atoms with van der Waals surface area (Å²) in [5, 5.41) is 9.36. The number of allylic oxidation sites excluding steroid dienone is 1. The van der Waals surface area contributed by atoms with Gasteiger partial charge in [-0.15, -0.1) is 6.58 Å². The Labute approximate surface area is 123 Å². The average Bonchev–Trinajstić information content (AvgIpc) is 2.83. The number of hydrogen-bond acceptors (Lipinski definition) is 3. The number of aliphatic carboxylic acids is 1. The van der Waals surface area contributed by atoms with E-state index in [2.05, 4.69) is 19.2 Å². The molecule has 1 aromatic rings. The number of hydrogen-bond donors (Lipinski definition) is 2. The van der Waals surface area contributed by atoms with Crippen molar-refractivity contribution >= 4 is 30.2 Å². The van der Waals surface area contributed by atoms with E-state index in [1.807, 2.05) is 18.2 Å². The van der Waals surface area contributed by atoms with Gasteiger partial charge in [-0.25, -0.2) is 4.79 Å². The minimum absolute atomic E-state index is 0.197. The van der Waals surface area contributed by atoms with Crippen LogP contribution >= 0.6 is 12.6 Å². The number of anilines is 1. The first-order valence-corrected chi connectivity index (χ1v) is 7.09. The average molecular weight is 291 g/mol. The van der Waals surface area contributed by atoms with Crippen molar-refractivity contribution in [2.24, 2.45) is 5.92 Å². The molecule has 0 spiro atoms. The fraction of sp³-hybridized carbons (Fsp3) is 0.333. The molecule has 4 nitrogen and oxygen atoms in total. The van der Waals surface area contributed by atoms with Crippen LogP contribution in [0.4, 0.5) is 5.69 Å². The number of carboxylic acids is 1. The third-order valence-electron chi connectivity index (χ3n) is 3.52. The van der Waals surface area contributed by atoms with Gasteiger partial charge in [-0.1, -0.05) is 24.3 Å². The Morgan fingerprint density at radius 2 is 2.20 bits per heavy atom. The molecule has 2 rings (SSSR count). The zero-order valence-corrected chi connectivity index (χ0v) is 11.9. The highest BCUT2D eigenvalue weighted by Crippen LogP contribution is 2.33. The Morgan fingerprint density at radius 3 is 2.80 bits per heavy atom. The standard InChI is InChI=1S/C15H17NO3S/c1-2-5-11(9-20)14(17)16-12-7-4-3-6-10(12)8-13(16)15(18)19/h2-4,6-7,11,13,20H,1,5,8-9H2,(H,18,19). The van der Waals surface area contributed by atoms with Gasteiger partial charge < -0.3 is 5.11 Å². The van der Waals surface area contributed by atoms with E-state index < -0.39 is 12.0 Å². The molecule has 2 unspecified atom stereocenters. The second-order valence-corrected chi connectivity index (χ2v) is 5.16. The van der Waals surface area contributed by atoms with Gasteiger partial charge in [0, 0.05) is 17.9 Å². The monoisotopic (exact) mass is 291 g/mol. The molecule has 0 radical (unpaired) electrons. The van der Waals surface area contributed by atoms with Crippen LogP contribution in [0, 0.1) is 5.92 Å². The van der Waals surface area contributed by atoms with E-state index in [4.69, 9.17) is 0 Å². The van der Waals surface area contributed by atoms with E-state index in [0.29, 0.717) is 24.3 Å². The van der Waals surface area contributed by atoms with Gasteiger partial charge in [-0.3, -0.25) is 9.69 Å². The summed E-state index contributed by atoms with van der Waals surface area (Å²) in [6.45, 7) is 3.63. The number of benzene rings is 1. The van der Waals surface area contributed by atoms with Crippen LogP contribution in [0.3, 0.4) is 0 Å². The molecule has 20 heavy (non-hydrogen) atoms. The van der Waals surface area contributed by atoms with Crippen molar-refractivity contribution in [3.05, 3.63) is 42.5 Å². The summed E-state index contributed by atoms with van der Waals surface area (Å²) in [4.78, 5) is 25.4. The fourth-order valence-corrected chi connectivity index (χ4v) is 2.81. The van der Waals surface area contributed by atoms with E-state index in [1.54, 1.807) is 12.1 Å². The number of carboxylic acid groups (broad SMARTS) is 1. The van der Waals surface area contributed by atoms with Crippen molar-refractivity contribution in [1.82, 2.24) is 0 Å². The summed E-state index contributed by atoms with van der Waals surface area (Å²) in [5.41, 5.74) is 1.59. The third kappa shape index (κ3) is 2.58. The van der Waals surface area contributed by atoms with Crippen molar-refractivity contribution in [3.8, 4) is 0 Å². The maximum absolute atomic E-state index is 12.6. The van der Waals surface area contributed by atoms with Gasteiger partial charge in [0.2, 0.25) is 5.91 Å². The number of fused-ring (bicyclic) bond motifs is 1. The van der Waals surface area contributed by atoms with Gasteiger partial charge in [0.15, 0.2) is 0 Å². The van der Waals surface area contributed by atoms with Gasteiger partial charge in [0.05, 0.1) is 5.92 Å². The number of carbonyl (C=O) groups excluding carboxylic acids is 1. The summed E-state index contributed by atoms with van der Waals surface area (Å²) in [6.07, 6.45) is 2.51. The molecule has 1 N–H and O–H groups in total. The summed E-state index contributed by atoms with van der Waals surface area (Å²) in [5.74, 6) is -1.15. The van der Waals surface area contributed by atoms with Crippen LogP contribution in [0.15, 0.2) is 36.9 Å². The van der Waals surface area contributed by atoms with Crippen LogP contribution in [0.25, 0.3) is 0 Å². The molecule has 0 aliphatic carbocycles. The second-order valence-electron chi connectivity index (χ2n) is 4.80. The molecule has 0 fully saturated rings. The predicted molar refractivity (Wildman–Crippen MR) is 81.2 cm³/mol. The van der Waals surface area contributed by atoms with E-state index in [0.717, 1.165) is 5.56 Å². The fourth-order valence-electron chi connectivity index (χ4n) is 2.51. The first kappa shape index (κ1) is 14.7. The molecule has 1 amide bonds. The highest BCUT2D eigenvalue weighted by molar-refractivity contribution is 7.80.